The molecule has 0 aliphatic heterocycles. The average molecular weight is 403 g/mol. The van der Waals surface area contributed by atoms with Crippen molar-refractivity contribution in [3.8, 4) is 5.69 Å². The molecule has 4 rings (SSSR count). The molecule has 0 atom stereocenters. The van der Waals surface area contributed by atoms with Crippen molar-refractivity contribution in [1.29, 1.82) is 0 Å². The monoisotopic (exact) mass is 403 g/mol. The van der Waals surface area contributed by atoms with Crippen LogP contribution in [0.1, 0.15) is 54.1 Å². The molecule has 1 heterocycles. The van der Waals surface area contributed by atoms with Crippen LogP contribution in [-0.2, 0) is 6.54 Å². The Kier molecular flexibility index (Phi) is 5.40. The number of H-pyrrole nitrogens is 1. The molecular weight excluding hydrogens is 378 g/mol. The Morgan fingerprint density at radius 1 is 1.07 bits per heavy atom. The van der Waals surface area contributed by atoms with Crippen LogP contribution >= 0.6 is 0 Å². The fourth-order valence-corrected chi connectivity index (χ4v) is 3.52. The Labute approximate surface area is 174 Å². The summed E-state index contributed by atoms with van der Waals surface area (Å²) in [4.78, 5) is 38.9. The van der Waals surface area contributed by atoms with Gasteiger partial charge in [-0.3, -0.25) is 19.5 Å². The zero-order valence-corrected chi connectivity index (χ0v) is 17.2. The second-order valence-corrected chi connectivity index (χ2v) is 8.09. The summed E-state index contributed by atoms with van der Waals surface area (Å²) in [6, 6.07) is 17.9. The zero-order chi connectivity index (χ0) is 21.3. The lowest BCUT2D eigenvalue weighted by atomic mass is 10.0. The number of nitrogens with one attached hydrogen (secondary N) is 1. The van der Waals surface area contributed by atoms with Gasteiger partial charge in [-0.2, -0.15) is 0 Å². The maximum atomic E-state index is 13.3. The Balaban J connectivity index is 1.61. The van der Waals surface area contributed by atoms with Gasteiger partial charge in [0.1, 0.15) is 0 Å². The minimum atomic E-state index is -0.379. The number of hydrogen-bond acceptors (Lipinski definition) is 3. The minimum absolute atomic E-state index is 0.0707. The van der Waals surface area contributed by atoms with E-state index in [-0.39, 0.29) is 23.1 Å². The van der Waals surface area contributed by atoms with E-state index in [1.807, 2.05) is 4.90 Å². The van der Waals surface area contributed by atoms with Gasteiger partial charge in [0.15, 0.2) is 0 Å². The third-order valence-electron chi connectivity index (χ3n) is 5.42. The van der Waals surface area contributed by atoms with Crippen molar-refractivity contribution < 1.29 is 4.79 Å². The van der Waals surface area contributed by atoms with Crippen LogP contribution in [0.5, 0.6) is 0 Å². The molecule has 1 saturated carbocycles. The lowest BCUT2D eigenvalue weighted by Gasteiger charge is -2.23. The van der Waals surface area contributed by atoms with Gasteiger partial charge in [0, 0.05) is 30.3 Å². The molecule has 1 fully saturated rings. The molecule has 1 N–H and O–H groups in total. The molecule has 3 aromatic rings. The van der Waals surface area contributed by atoms with Crippen LogP contribution < -0.4 is 11.1 Å². The Hall–Kier alpha value is -3.41. The lowest BCUT2D eigenvalue weighted by Crippen LogP contribution is -2.33. The molecule has 1 aliphatic rings. The molecule has 0 spiro atoms. The van der Waals surface area contributed by atoms with Crippen LogP contribution in [0.15, 0.2) is 70.3 Å². The van der Waals surface area contributed by atoms with Crippen LogP contribution in [0.4, 0.5) is 0 Å². The van der Waals surface area contributed by atoms with Crippen LogP contribution in [0.2, 0.25) is 0 Å². The first kappa shape index (κ1) is 19.9. The summed E-state index contributed by atoms with van der Waals surface area (Å²) in [6.45, 7) is 4.87. The molecule has 6 nitrogen and oxygen atoms in total. The van der Waals surface area contributed by atoms with Gasteiger partial charge in [-0.25, -0.2) is 4.68 Å². The van der Waals surface area contributed by atoms with Gasteiger partial charge in [-0.15, -0.1) is 0 Å². The van der Waals surface area contributed by atoms with Crippen molar-refractivity contribution >= 4 is 5.91 Å². The number of carbonyl (C=O) groups excluding carboxylic acids is 1. The minimum Gasteiger partial charge on any atom is -0.331 e. The molecular formula is C24H25N3O3. The number of nitrogens with zero attached hydrogens (tertiary/aromatic N) is 2. The second kappa shape index (κ2) is 8.14. The van der Waals surface area contributed by atoms with Crippen molar-refractivity contribution in [3.63, 3.8) is 0 Å². The standard InChI is InChI=1S/C24H25N3O3/c1-16(2)18-8-6-17(7-9-18)15-26(20-10-11-20)24(30)19-4-3-5-21(14-19)27-23(29)13-12-22(28)25-27/h3-9,12-14,16,20H,10-11,15H2,1-2H3,(H,25,28). The van der Waals surface area contributed by atoms with E-state index >= 15 is 0 Å². The van der Waals surface area contributed by atoms with E-state index in [0.717, 1.165) is 23.1 Å². The van der Waals surface area contributed by atoms with Gasteiger partial charge in [0.2, 0.25) is 0 Å². The highest BCUT2D eigenvalue weighted by Crippen LogP contribution is 2.30. The summed E-state index contributed by atoms with van der Waals surface area (Å²) < 4.78 is 1.16. The van der Waals surface area contributed by atoms with E-state index in [1.165, 1.54) is 17.7 Å². The molecule has 0 radical (unpaired) electrons. The van der Waals surface area contributed by atoms with Crippen molar-refractivity contribution in [1.82, 2.24) is 14.7 Å². The van der Waals surface area contributed by atoms with Crippen LogP contribution in [0.25, 0.3) is 5.69 Å². The highest BCUT2D eigenvalue weighted by molar-refractivity contribution is 5.95. The van der Waals surface area contributed by atoms with Crippen LogP contribution in [0, 0.1) is 0 Å². The van der Waals surface area contributed by atoms with Crippen molar-refractivity contribution in [3.05, 3.63) is 98.1 Å². The van der Waals surface area contributed by atoms with Gasteiger partial charge in [-0.05, 0) is 48.1 Å². The number of amides is 1. The van der Waals surface area contributed by atoms with Gasteiger partial charge < -0.3 is 4.90 Å². The van der Waals surface area contributed by atoms with E-state index in [0.29, 0.717) is 23.7 Å². The summed E-state index contributed by atoms with van der Waals surface area (Å²) in [5.74, 6) is 0.398. The average Bonchev–Trinajstić information content (AvgIpc) is 3.59. The van der Waals surface area contributed by atoms with E-state index in [4.69, 9.17) is 0 Å². The maximum absolute atomic E-state index is 13.3. The highest BCUT2D eigenvalue weighted by Gasteiger charge is 2.33. The quantitative estimate of drug-likeness (QED) is 0.685. The van der Waals surface area contributed by atoms with Gasteiger partial charge >= 0.3 is 0 Å². The number of benzene rings is 2. The molecule has 154 valence electrons. The SMILES string of the molecule is CC(C)c1ccc(CN(C(=O)c2cccc(-n3[nH]c(=O)ccc3=O)c2)C2CC2)cc1. The predicted molar refractivity (Wildman–Crippen MR) is 116 cm³/mol. The summed E-state index contributed by atoms with van der Waals surface area (Å²) in [5, 5.41) is 2.50. The lowest BCUT2D eigenvalue weighted by molar-refractivity contribution is 0.0730. The van der Waals surface area contributed by atoms with E-state index in [1.54, 1.807) is 24.3 Å². The number of hydrogen-bond donors (Lipinski definition) is 1. The molecule has 30 heavy (non-hydrogen) atoms. The molecule has 1 aromatic heterocycles. The Bertz CT molecular complexity index is 1170. The smallest absolute Gasteiger partial charge is 0.269 e. The van der Waals surface area contributed by atoms with Gasteiger partial charge in [0.05, 0.1) is 5.69 Å². The van der Waals surface area contributed by atoms with Gasteiger partial charge in [0.25, 0.3) is 17.0 Å². The van der Waals surface area contributed by atoms with Gasteiger partial charge in [-0.1, -0.05) is 44.2 Å². The van der Waals surface area contributed by atoms with Crippen molar-refractivity contribution in [2.45, 2.75) is 45.2 Å². The number of carbonyl (C=O) groups is 1. The number of aromatic nitrogens is 2. The second-order valence-electron chi connectivity index (χ2n) is 8.09. The summed E-state index contributed by atoms with van der Waals surface area (Å²) >= 11 is 0. The fraction of sp³-hybridized carbons (Fsp3) is 0.292. The van der Waals surface area contributed by atoms with Crippen molar-refractivity contribution in [2.75, 3.05) is 0 Å². The van der Waals surface area contributed by atoms with Crippen molar-refractivity contribution in [2.24, 2.45) is 0 Å². The highest BCUT2D eigenvalue weighted by atomic mass is 16.2. The molecule has 6 heteroatoms. The molecule has 0 unspecified atom stereocenters. The zero-order valence-electron chi connectivity index (χ0n) is 17.2. The first-order valence-electron chi connectivity index (χ1n) is 10.2. The topological polar surface area (TPSA) is 75.2 Å². The largest absolute Gasteiger partial charge is 0.331 e. The fourth-order valence-electron chi connectivity index (χ4n) is 3.52. The van der Waals surface area contributed by atoms with Crippen LogP contribution in [0.3, 0.4) is 0 Å². The normalized spacial score (nSPS) is 13.4. The van der Waals surface area contributed by atoms with E-state index in [2.05, 4.69) is 43.2 Å². The molecule has 1 amide bonds. The first-order valence-corrected chi connectivity index (χ1v) is 10.2. The molecule has 0 saturated heterocycles. The third kappa shape index (κ3) is 4.27. The molecule has 1 aliphatic carbocycles. The van der Waals surface area contributed by atoms with E-state index in [9.17, 15) is 14.4 Å². The Morgan fingerprint density at radius 3 is 2.47 bits per heavy atom. The predicted octanol–water partition coefficient (Wildman–Crippen LogP) is 3.45. The maximum Gasteiger partial charge on any atom is 0.269 e. The number of aromatic amines is 1. The third-order valence-corrected chi connectivity index (χ3v) is 5.42. The Morgan fingerprint density at radius 2 is 1.80 bits per heavy atom. The molecule has 2 aromatic carbocycles. The number of rotatable bonds is 6. The first-order chi connectivity index (χ1) is 14.4. The van der Waals surface area contributed by atoms with Crippen LogP contribution in [-0.4, -0.2) is 26.6 Å². The molecule has 0 bridgehead atoms. The van der Waals surface area contributed by atoms with E-state index < -0.39 is 0 Å². The summed E-state index contributed by atoms with van der Waals surface area (Å²) in [6.07, 6.45) is 2.00. The summed E-state index contributed by atoms with van der Waals surface area (Å²) in [5.41, 5.74) is 2.59. The summed E-state index contributed by atoms with van der Waals surface area (Å²) in [7, 11) is 0.